The zero-order valence-corrected chi connectivity index (χ0v) is 23.7. The molecule has 0 spiro atoms. The summed E-state index contributed by atoms with van der Waals surface area (Å²) in [6.07, 6.45) is 0.451. The first kappa shape index (κ1) is 28.5. The monoisotopic (exact) mass is 566 g/mol. The fourth-order valence-electron chi connectivity index (χ4n) is 4.96. The molecule has 8 heteroatoms. The number of carbonyl (C=O) groups excluding carboxylic acids is 2. The lowest BCUT2D eigenvalue weighted by Gasteiger charge is -2.32. The Bertz CT molecular complexity index is 1510. The highest BCUT2D eigenvalue weighted by Crippen LogP contribution is 2.32. The molecule has 4 aromatic rings. The summed E-state index contributed by atoms with van der Waals surface area (Å²) < 4.78 is 21.7. The Morgan fingerprint density at radius 1 is 0.762 bits per heavy atom. The number of methoxy groups -OCH3 is 2. The minimum Gasteiger partial charge on any atom is -0.493 e. The highest BCUT2D eigenvalue weighted by Gasteiger charge is 2.30. The lowest BCUT2D eigenvalue weighted by atomic mass is 10.0. The SMILES string of the molecule is COc1ccc(CC(=O)N(Cc2ccccc2)[C@H](Cc2ccccc2)C(=O)NCc2ccc3c(c2)OCO3)cc1OC. The number of amides is 2. The van der Waals surface area contributed by atoms with Crippen LogP contribution in [-0.2, 0) is 35.5 Å². The maximum absolute atomic E-state index is 14.1. The van der Waals surface area contributed by atoms with Gasteiger partial charge in [0.05, 0.1) is 20.6 Å². The van der Waals surface area contributed by atoms with Gasteiger partial charge in [0.1, 0.15) is 6.04 Å². The molecule has 1 aliphatic rings. The minimum atomic E-state index is -0.755. The molecule has 1 heterocycles. The van der Waals surface area contributed by atoms with Crippen molar-refractivity contribution in [3.05, 3.63) is 119 Å². The second-order valence-electron chi connectivity index (χ2n) is 9.98. The van der Waals surface area contributed by atoms with Crippen LogP contribution in [0.25, 0.3) is 0 Å². The third-order valence-electron chi connectivity index (χ3n) is 7.17. The van der Waals surface area contributed by atoms with Crippen molar-refractivity contribution in [3.8, 4) is 23.0 Å². The largest absolute Gasteiger partial charge is 0.493 e. The average molecular weight is 567 g/mol. The molecule has 0 saturated carbocycles. The Morgan fingerprint density at radius 3 is 2.14 bits per heavy atom. The molecular formula is C34H34N2O6. The predicted octanol–water partition coefficient (Wildman–Crippen LogP) is 4.93. The summed E-state index contributed by atoms with van der Waals surface area (Å²) in [4.78, 5) is 29.7. The van der Waals surface area contributed by atoms with Gasteiger partial charge >= 0.3 is 0 Å². The number of hydrogen-bond acceptors (Lipinski definition) is 6. The van der Waals surface area contributed by atoms with Crippen molar-refractivity contribution in [1.29, 1.82) is 0 Å². The molecule has 4 aromatic carbocycles. The fraction of sp³-hybridized carbons (Fsp3) is 0.235. The second kappa shape index (κ2) is 13.6. The van der Waals surface area contributed by atoms with E-state index < -0.39 is 6.04 Å². The summed E-state index contributed by atoms with van der Waals surface area (Å²) in [6, 6.07) is 29.7. The number of hydrogen-bond donors (Lipinski definition) is 1. The van der Waals surface area contributed by atoms with Crippen molar-refractivity contribution in [3.63, 3.8) is 0 Å². The Kier molecular flexibility index (Phi) is 9.23. The molecular weight excluding hydrogens is 532 g/mol. The van der Waals surface area contributed by atoms with E-state index >= 15 is 0 Å². The van der Waals surface area contributed by atoms with Gasteiger partial charge in [-0.25, -0.2) is 0 Å². The van der Waals surface area contributed by atoms with E-state index in [1.807, 2.05) is 84.9 Å². The van der Waals surface area contributed by atoms with Gasteiger partial charge in [0.15, 0.2) is 23.0 Å². The summed E-state index contributed by atoms with van der Waals surface area (Å²) in [5, 5.41) is 3.06. The molecule has 5 rings (SSSR count). The summed E-state index contributed by atoms with van der Waals surface area (Å²) >= 11 is 0. The van der Waals surface area contributed by atoms with Crippen LogP contribution < -0.4 is 24.3 Å². The van der Waals surface area contributed by atoms with E-state index in [4.69, 9.17) is 18.9 Å². The summed E-state index contributed by atoms with van der Waals surface area (Å²) in [7, 11) is 3.13. The molecule has 0 unspecified atom stereocenters. The van der Waals surface area contributed by atoms with E-state index in [1.165, 1.54) is 0 Å². The zero-order chi connectivity index (χ0) is 29.3. The first-order valence-electron chi connectivity index (χ1n) is 13.8. The zero-order valence-electron chi connectivity index (χ0n) is 23.7. The Morgan fingerprint density at radius 2 is 1.43 bits per heavy atom. The average Bonchev–Trinajstić information content (AvgIpc) is 3.50. The Labute approximate surface area is 245 Å². The van der Waals surface area contributed by atoms with Gasteiger partial charge in [-0.15, -0.1) is 0 Å². The molecule has 42 heavy (non-hydrogen) atoms. The van der Waals surface area contributed by atoms with E-state index in [9.17, 15) is 9.59 Å². The van der Waals surface area contributed by atoms with Gasteiger partial charge in [-0.2, -0.15) is 0 Å². The van der Waals surface area contributed by atoms with E-state index in [0.29, 0.717) is 29.4 Å². The first-order chi connectivity index (χ1) is 20.5. The highest BCUT2D eigenvalue weighted by molar-refractivity contribution is 5.89. The highest BCUT2D eigenvalue weighted by atomic mass is 16.7. The van der Waals surface area contributed by atoms with Crippen LogP contribution in [-0.4, -0.2) is 43.8 Å². The maximum Gasteiger partial charge on any atom is 0.243 e. The molecule has 1 atom stereocenters. The quantitative estimate of drug-likeness (QED) is 0.262. The minimum absolute atomic E-state index is 0.0912. The van der Waals surface area contributed by atoms with E-state index in [-0.39, 0.29) is 38.1 Å². The molecule has 216 valence electrons. The fourth-order valence-corrected chi connectivity index (χ4v) is 4.96. The van der Waals surface area contributed by atoms with Gasteiger partial charge in [0.25, 0.3) is 0 Å². The summed E-state index contributed by atoms with van der Waals surface area (Å²) in [5.74, 6) is 2.04. The van der Waals surface area contributed by atoms with Crippen LogP contribution in [0.3, 0.4) is 0 Å². The summed E-state index contributed by atoms with van der Waals surface area (Å²) in [5.41, 5.74) is 3.52. The van der Waals surface area contributed by atoms with Crippen molar-refractivity contribution in [1.82, 2.24) is 10.2 Å². The normalized spacial score (nSPS) is 12.3. The molecule has 1 aliphatic heterocycles. The van der Waals surface area contributed by atoms with Gasteiger partial charge in [0.2, 0.25) is 18.6 Å². The Hall–Kier alpha value is -4.98. The van der Waals surface area contributed by atoms with Gasteiger partial charge in [-0.1, -0.05) is 72.8 Å². The van der Waals surface area contributed by atoms with Crippen LogP contribution in [0.5, 0.6) is 23.0 Å². The number of carbonyl (C=O) groups is 2. The second-order valence-corrected chi connectivity index (χ2v) is 9.98. The van der Waals surface area contributed by atoms with E-state index in [2.05, 4.69) is 5.32 Å². The molecule has 0 aromatic heterocycles. The molecule has 0 aliphatic carbocycles. The molecule has 0 saturated heterocycles. The van der Waals surface area contributed by atoms with Crippen LogP contribution in [0.15, 0.2) is 97.1 Å². The van der Waals surface area contributed by atoms with Crippen LogP contribution in [0.4, 0.5) is 0 Å². The van der Waals surface area contributed by atoms with E-state index in [0.717, 1.165) is 22.3 Å². The molecule has 0 radical (unpaired) electrons. The molecule has 2 amide bonds. The number of ether oxygens (including phenoxy) is 4. The predicted molar refractivity (Wildman–Crippen MR) is 159 cm³/mol. The lowest BCUT2D eigenvalue weighted by molar-refractivity contribution is -0.140. The smallest absolute Gasteiger partial charge is 0.243 e. The van der Waals surface area contributed by atoms with Gasteiger partial charge in [-0.3, -0.25) is 9.59 Å². The summed E-state index contributed by atoms with van der Waals surface area (Å²) in [6.45, 7) is 0.743. The Balaban J connectivity index is 1.43. The number of benzene rings is 4. The third kappa shape index (κ3) is 7.01. The van der Waals surface area contributed by atoms with Gasteiger partial charge < -0.3 is 29.2 Å². The van der Waals surface area contributed by atoms with Crippen LogP contribution in [0, 0.1) is 0 Å². The number of nitrogens with zero attached hydrogens (tertiary/aromatic N) is 1. The van der Waals surface area contributed by atoms with Crippen molar-refractivity contribution in [2.75, 3.05) is 21.0 Å². The van der Waals surface area contributed by atoms with Crippen LogP contribution in [0.1, 0.15) is 22.3 Å². The molecule has 8 nitrogen and oxygen atoms in total. The van der Waals surface area contributed by atoms with Gasteiger partial charge in [-0.05, 0) is 46.5 Å². The van der Waals surface area contributed by atoms with Crippen molar-refractivity contribution in [2.24, 2.45) is 0 Å². The van der Waals surface area contributed by atoms with Gasteiger partial charge in [0, 0.05) is 19.5 Å². The maximum atomic E-state index is 14.1. The third-order valence-corrected chi connectivity index (χ3v) is 7.17. The number of rotatable bonds is 12. The molecule has 0 bridgehead atoms. The van der Waals surface area contributed by atoms with Crippen LogP contribution in [0.2, 0.25) is 0 Å². The number of nitrogens with one attached hydrogen (secondary N) is 1. The molecule has 0 fully saturated rings. The lowest BCUT2D eigenvalue weighted by Crippen LogP contribution is -2.50. The van der Waals surface area contributed by atoms with Crippen LogP contribution >= 0.6 is 0 Å². The molecule has 1 N–H and O–H groups in total. The number of fused-ring (bicyclic) bond motifs is 1. The van der Waals surface area contributed by atoms with Crippen molar-refractivity contribution in [2.45, 2.75) is 32.0 Å². The van der Waals surface area contributed by atoms with Crippen molar-refractivity contribution >= 4 is 11.8 Å². The standard InChI is InChI=1S/C34H34N2O6/c1-39-29-15-13-26(18-31(29)40-2)20-33(37)36(22-25-11-7-4-8-12-25)28(17-24-9-5-3-6-10-24)34(38)35-21-27-14-16-30-32(19-27)42-23-41-30/h3-16,18-19,28H,17,20-23H2,1-2H3,(H,35,38)/t28-/m1/s1. The van der Waals surface area contributed by atoms with E-state index in [1.54, 1.807) is 31.3 Å². The topological polar surface area (TPSA) is 86.3 Å². The first-order valence-corrected chi connectivity index (χ1v) is 13.8. The van der Waals surface area contributed by atoms with Crippen molar-refractivity contribution < 1.29 is 28.5 Å².